The van der Waals surface area contributed by atoms with Gasteiger partial charge in [0.25, 0.3) is 0 Å². The van der Waals surface area contributed by atoms with Crippen molar-refractivity contribution >= 4 is 22.5 Å². The molecule has 0 saturated carbocycles. The predicted octanol–water partition coefficient (Wildman–Crippen LogP) is 4.74. The van der Waals surface area contributed by atoms with Crippen LogP contribution in [0.3, 0.4) is 0 Å². The number of aryl methyl sites for hydroxylation is 2. The number of carbonyl (C=O) groups is 1. The maximum atomic E-state index is 12.9. The van der Waals surface area contributed by atoms with Crippen molar-refractivity contribution in [1.29, 1.82) is 5.26 Å². The summed E-state index contributed by atoms with van der Waals surface area (Å²) in [4.78, 5) is 24.6. The van der Waals surface area contributed by atoms with E-state index in [4.69, 9.17) is 4.98 Å². The molecular formula is C24H25N5O2S. The minimum atomic E-state index is -0.960. The summed E-state index contributed by atoms with van der Waals surface area (Å²) < 4.78 is 0. The van der Waals surface area contributed by atoms with Crippen LogP contribution in [0.5, 0.6) is 0 Å². The van der Waals surface area contributed by atoms with Crippen molar-refractivity contribution < 1.29 is 9.90 Å². The van der Waals surface area contributed by atoms with Crippen LogP contribution in [0.2, 0.25) is 0 Å². The molecule has 4 rings (SSSR count). The van der Waals surface area contributed by atoms with E-state index in [1.54, 1.807) is 30.9 Å². The van der Waals surface area contributed by atoms with Crippen LogP contribution in [0.25, 0.3) is 21.7 Å². The minimum Gasteiger partial charge on any atom is -0.388 e. The van der Waals surface area contributed by atoms with Gasteiger partial charge in [-0.15, -0.1) is 0 Å². The summed E-state index contributed by atoms with van der Waals surface area (Å²) in [6, 6.07) is 12.9. The van der Waals surface area contributed by atoms with Crippen LogP contribution < -0.4 is 5.32 Å². The molecule has 0 bridgehead atoms. The lowest BCUT2D eigenvalue weighted by molar-refractivity contribution is -0.0456. The average molecular weight is 448 g/mol. The molecule has 7 nitrogen and oxygen atoms in total. The van der Waals surface area contributed by atoms with Crippen molar-refractivity contribution in [3.8, 4) is 27.8 Å². The Morgan fingerprint density at radius 3 is 2.53 bits per heavy atom. The predicted molar refractivity (Wildman–Crippen MR) is 125 cm³/mol. The van der Waals surface area contributed by atoms with Gasteiger partial charge in [0.05, 0.1) is 33.8 Å². The van der Waals surface area contributed by atoms with Crippen LogP contribution in [0.15, 0.2) is 36.4 Å². The quantitative estimate of drug-likeness (QED) is 0.601. The Morgan fingerprint density at radius 1 is 1.22 bits per heavy atom. The van der Waals surface area contributed by atoms with Gasteiger partial charge in [0.1, 0.15) is 0 Å². The SMILES string of the molecule is Cc1cc(-c2sc(NC(=O)N3CCC3C(C)(C)O)nc2-c2cccc(C#N)c2)cc(C)n1. The largest absolute Gasteiger partial charge is 0.388 e. The zero-order valence-electron chi connectivity index (χ0n) is 18.5. The summed E-state index contributed by atoms with van der Waals surface area (Å²) in [5.41, 5.74) is 3.84. The Bertz CT molecular complexity index is 1200. The second-order valence-electron chi connectivity index (χ2n) is 8.61. The number of urea groups is 1. The van der Waals surface area contributed by atoms with Crippen LogP contribution in [0, 0.1) is 25.2 Å². The van der Waals surface area contributed by atoms with Gasteiger partial charge in [-0.05, 0) is 63.9 Å². The minimum absolute atomic E-state index is 0.223. The van der Waals surface area contributed by atoms with E-state index < -0.39 is 5.60 Å². The molecule has 1 aliphatic heterocycles. The number of pyridine rings is 1. The van der Waals surface area contributed by atoms with Gasteiger partial charge < -0.3 is 10.0 Å². The number of likely N-dealkylation sites (tertiary alicyclic amines) is 1. The smallest absolute Gasteiger partial charge is 0.323 e. The molecule has 8 heteroatoms. The molecule has 0 spiro atoms. The first-order valence-corrected chi connectivity index (χ1v) is 11.2. The number of hydrogen-bond acceptors (Lipinski definition) is 6. The first kappa shape index (κ1) is 21.9. The molecule has 1 saturated heterocycles. The van der Waals surface area contributed by atoms with Crippen molar-refractivity contribution in [2.75, 3.05) is 11.9 Å². The summed E-state index contributed by atoms with van der Waals surface area (Å²) in [5, 5.41) is 23.0. The highest BCUT2D eigenvalue weighted by Gasteiger charge is 2.42. The zero-order chi connectivity index (χ0) is 23.0. The molecule has 1 aromatic carbocycles. The van der Waals surface area contributed by atoms with Gasteiger partial charge in [-0.2, -0.15) is 5.26 Å². The molecule has 1 fully saturated rings. The van der Waals surface area contributed by atoms with Crippen molar-refractivity contribution in [2.45, 2.75) is 45.8 Å². The van der Waals surface area contributed by atoms with Crippen molar-refractivity contribution in [2.24, 2.45) is 0 Å². The second kappa shape index (κ2) is 8.34. The molecule has 2 amide bonds. The van der Waals surface area contributed by atoms with Crippen molar-refractivity contribution in [1.82, 2.24) is 14.9 Å². The van der Waals surface area contributed by atoms with Crippen molar-refractivity contribution in [3.63, 3.8) is 0 Å². The monoisotopic (exact) mass is 447 g/mol. The molecule has 0 radical (unpaired) electrons. The lowest BCUT2D eigenvalue weighted by Gasteiger charge is -2.46. The summed E-state index contributed by atoms with van der Waals surface area (Å²) in [5.74, 6) is 0. The topological polar surface area (TPSA) is 102 Å². The molecule has 1 aliphatic rings. The Balaban J connectivity index is 1.72. The number of hydrogen-bond donors (Lipinski definition) is 2. The third kappa shape index (κ3) is 4.35. The van der Waals surface area contributed by atoms with Crippen molar-refractivity contribution in [3.05, 3.63) is 53.3 Å². The molecule has 32 heavy (non-hydrogen) atoms. The Hall–Kier alpha value is -3.28. The maximum absolute atomic E-state index is 12.9. The number of carbonyl (C=O) groups excluding carboxylic acids is 1. The number of benzene rings is 1. The molecule has 1 unspecified atom stereocenters. The molecule has 164 valence electrons. The maximum Gasteiger partial charge on any atom is 0.323 e. The third-order valence-corrected chi connectivity index (χ3v) is 6.57. The molecular weight excluding hydrogens is 422 g/mol. The number of nitrogens with one attached hydrogen (secondary N) is 1. The number of anilines is 1. The fourth-order valence-corrected chi connectivity index (χ4v) is 4.96. The molecule has 3 heterocycles. The van der Waals surface area contributed by atoms with E-state index >= 15 is 0 Å². The standard InChI is InChI=1S/C24H25N5O2S/c1-14-10-18(11-15(2)26-14)21-20(17-7-5-6-16(12-17)13-25)27-22(32-21)28-23(30)29-9-8-19(29)24(3,4)31/h5-7,10-12,19,31H,8-9H2,1-4H3,(H,27,28,30). The zero-order valence-corrected chi connectivity index (χ0v) is 19.3. The fraction of sp³-hybridized carbons (Fsp3) is 0.333. The first-order chi connectivity index (χ1) is 15.2. The van der Waals surface area contributed by atoms with Crippen LogP contribution in [-0.2, 0) is 0 Å². The third-order valence-electron chi connectivity index (χ3n) is 5.55. The summed E-state index contributed by atoms with van der Waals surface area (Å²) in [6.07, 6.45) is 0.766. The van der Waals surface area contributed by atoms with E-state index in [0.717, 1.165) is 33.8 Å². The number of aromatic nitrogens is 2. The van der Waals surface area contributed by atoms with Gasteiger partial charge in [0.15, 0.2) is 5.13 Å². The van der Waals surface area contributed by atoms with Gasteiger partial charge >= 0.3 is 6.03 Å². The average Bonchev–Trinajstić information content (AvgIpc) is 3.08. The Kier molecular flexibility index (Phi) is 5.71. The van der Waals surface area contributed by atoms with Gasteiger partial charge in [0.2, 0.25) is 0 Å². The highest BCUT2D eigenvalue weighted by Crippen LogP contribution is 2.40. The number of thiazole rings is 1. The fourth-order valence-electron chi connectivity index (χ4n) is 3.99. The first-order valence-electron chi connectivity index (χ1n) is 10.4. The molecule has 2 aromatic heterocycles. The van der Waals surface area contributed by atoms with Crippen LogP contribution >= 0.6 is 11.3 Å². The number of nitriles is 1. The van der Waals surface area contributed by atoms with Gasteiger partial charge in [-0.1, -0.05) is 23.5 Å². The Labute approximate surface area is 191 Å². The number of amides is 2. The van der Waals surface area contributed by atoms with E-state index in [1.807, 2.05) is 38.1 Å². The highest BCUT2D eigenvalue weighted by molar-refractivity contribution is 7.19. The highest BCUT2D eigenvalue weighted by atomic mass is 32.1. The summed E-state index contributed by atoms with van der Waals surface area (Å²) >= 11 is 1.38. The van der Waals surface area contributed by atoms with E-state index in [2.05, 4.69) is 16.4 Å². The van der Waals surface area contributed by atoms with Gasteiger partial charge in [0, 0.05) is 23.5 Å². The number of nitrogens with zero attached hydrogens (tertiary/aromatic N) is 4. The van der Waals surface area contributed by atoms with Crippen LogP contribution in [-0.4, -0.2) is 44.2 Å². The van der Waals surface area contributed by atoms with Gasteiger partial charge in [-0.25, -0.2) is 9.78 Å². The molecule has 3 aromatic rings. The Morgan fingerprint density at radius 2 is 1.94 bits per heavy atom. The van der Waals surface area contributed by atoms with Crippen LogP contribution in [0.1, 0.15) is 37.2 Å². The number of aliphatic hydroxyl groups is 1. The molecule has 2 N–H and O–H groups in total. The van der Waals surface area contributed by atoms with E-state index in [-0.39, 0.29) is 12.1 Å². The summed E-state index contributed by atoms with van der Waals surface area (Å²) in [7, 11) is 0. The lowest BCUT2D eigenvalue weighted by Crippen LogP contribution is -2.61. The lowest BCUT2D eigenvalue weighted by atomic mass is 9.88. The van der Waals surface area contributed by atoms with E-state index in [1.165, 1.54) is 11.3 Å². The van der Waals surface area contributed by atoms with Gasteiger partial charge in [-0.3, -0.25) is 10.3 Å². The molecule has 1 atom stereocenters. The van der Waals surface area contributed by atoms with Crippen LogP contribution in [0.4, 0.5) is 9.93 Å². The number of rotatable bonds is 4. The van der Waals surface area contributed by atoms with E-state index in [9.17, 15) is 15.2 Å². The second-order valence-corrected chi connectivity index (χ2v) is 9.61. The van der Waals surface area contributed by atoms with E-state index in [0.29, 0.717) is 22.9 Å². The summed E-state index contributed by atoms with van der Waals surface area (Å²) in [6.45, 7) is 7.91. The molecule has 0 aliphatic carbocycles. The normalized spacial score (nSPS) is 15.8.